The van der Waals surface area contributed by atoms with Crippen LogP contribution in [0.1, 0.15) is 25.2 Å². The first-order chi connectivity index (χ1) is 9.56. The molecule has 1 heterocycles. The van der Waals surface area contributed by atoms with Crippen molar-refractivity contribution in [2.24, 2.45) is 5.92 Å². The Balaban J connectivity index is 2.06. The third-order valence-electron chi connectivity index (χ3n) is 2.86. The number of rotatable bonds is 6. The Morgan fingerprint density at radius 3 is 2.95 bits per heavy atom. The first kappa shape index (κ1) is 15.1. The van der Waals surface area contributed by atoms with Gasteiger partial charge in [0.1, 0.15) is 18.0 Å². The molecule has 0 fully saturated rings. The summed E-state index contributed by atoms with van der Waals surface area (Å²) in [5, 5.41) is 7.48. The van der Waals surface area contributed by atoms with E-state index in [1.807, 2.05) is 0 Å². The third kappa shape index (κ3) is 4.11. The highest BCUT2D eigenvalue weighted by Crippen LogP contribution is 2.16. The molecule has 0 bridgehead atoms. The second-order valence-electron chi connectivity index (χ2n) is 5.09. The smallest absolute Gasteiger partial charge is 0.141 e. The van der Waals surface area contributed by atoms with Crippen molar-refractivity contribution in [3.63, 3.8) is 0 Å². The summed E-state index contributed by atoms with van der Waals surface area (Å²) in [7, 11) is 0. The van der Waals surface area contributed by atoms with Gasteiger partial charge in [0.15, 0.2) is 0 Å². The molecule has 6 heteroatoms. The highest BCUT2D eigenvalue weighted by Gasteiger charge is 2.09. The maximum atomic E-state index is 13.8. The topological polar surface area (TPSA) is 42.7 Å². The van der Waals surface area contributed by atoms with E-state index in [9.17, 15) is 4.39 Å². The van der Waals surface area contributed by atoms with Crippen LogP contribution in [0.25, 0.3) is 0 Å². The van der Waals surface area contributed by atoms with Gasteiger partial charge >= 0.3 is 0 Å². The zero-order chi connectivity index (χ0) is 14.5. The normalized spacial score (nSPS) is 11.2. The fraction of sp³-hybridized carbons (Fsp3) is 0.429. The van der Waals surface area contributed by atoms with E-state index in [1.165, 1.54) is 12.4 Å². The molecule has 0 saturated carbocycles. The van der Waals surface area contributed by atoms with Gasteiger partial charge in [-0.05, 0) is 30.7 Å². The van der Waals surface area contributed by atoms with Gasteiger partial charge in [-0.1, -0.05) is 29.8 Å². The number of nitrogens with zero attached hydrogens (tertiary/aromatic N) is 3. The lowest BCUT2D eigenvalue weighted by Gasteiger charge is -2.09. The van der Waals surface area contributed by atoms with Crippen LogP contribution in [0.4, 0.5) is 4.39 Å². The maximum absolute atomic E-state index is 13.8. The standard InChI is InChI=1S/C14H18BrFN4/c1-10(2)6-17-7-14-18-9-19-20(14)8-11-5-12(15)3-4-13(11)16/h3-5,9-10,17H,6-8H2,1-2H3. The van der Waals surface area contributed by atoms with Crippen molar-refractivity contribution in [1.82, 2.24) is 20.1 Å². The lowest BCUT2D eigenvalue weighted by Crippen LogP contribution is -2.22. The maximum Gasteiger partial charge on any atom is 0.141 e. The van der Waals surface area contributed by atoms with Crippen LogP contribution in [0.5, 0.6) is 0 Å². The molecule has 0 atom stereocenters. The lowest BCUT2D eigenvalue weighted by molar-refractivity contribution is 0.518. The van der Waals surface area contributed by atoms with E-state index in [-0.39, 0.29) is 5.82 Å². The average molecular weight is 341 g/mol. The molecular weight excluding hydrogens is 323 g/mol. The molecule has 0 spiro atoms. The van der Waals surface area contributed by atoms with Gasteiger partial charge in [-0.25, -0.2) is 14.1 Å². The van der Waals surface area contributed by atoms with Gasteiger partial charge in [0.25, 0.3) is 0 Å². The quantitative estimate of drug-likeness (QED) is 0.878. The number of hydrogen-bond acceptors (Lipinski definition) is 3. The molecule has 1 aromatic carbocycles. The summed E-state index contributed by atoms with van der Waals surface area (Å²) >= 11 is 3.35. The van der Waals surface area contributed by atoms with E-state index in [0.29, 0.717) is 24.6 Å². The zero-order valence-corrected chi connectivity index (χ0v) is 13.2. The molecule has 0 aliphatic heterocycles. The minimum Gasteiger partial charge on any atom is -0.310 e. The molecule has 1 aromatic heterocycles. The fourth-order valence-electron chi connectivity index (χ4n) is 1.86. The highest BCUT2D eigenvalue weighted by molar-refractivity contribution is 9.10. The van der Waals surface area contributed by atoms with E-state index in [0.717, 1.165) is 16.8 Å². The largest absolute Gasteiger partial charge is 0.310 e. The summed E-state index contributed by atoms with van der Waals surface area (Å²) in [6.45, 7) is 6.22. The summed E-state index contributed by atoms with van der Waals surface area (Å²) in [4.78, 5) is 4.22. The highest BCUT2D eigenvalue weighted by atomic mass is 79.9. The molecule has 0 aliphatic rings. The van der Waals surface area contributed by atoms with Gasteiger partial charge in [-0.15, -0.1) is 0 Å². The van der Waals surface area contributed by atoms with Gasteiger partial charge < -0.3 is 5.32 Å². The van der Waals surface area contributed by atoms with Gasteiger partial charge in [0, 0.05) is 10.0 Å². The second kappa shape index (κ2) is 6.95. The monoisotopic (exact) mass is 340 g/mol. The Morgan fingerprint density at radius 2 is 2.20 bits per heavy atom. The molecule has 0 amide bonds. The number of hydrogen-bond donors (Lipinski definition) is 1. The SMILES string of the molecule is CC(C)CNCc1ncnn1Cc1cc(Br)ccc1F. The predicted molar refractivity (Wildman–Crippen MR) is 79.8 cm³/mol. The average Bonchev–Trinajstić information content (AvgIpc) is 2.81. The molecule has 2 aromatic rings. The summed E-state index contributed by atoms with van der Waals surface area (Å²) in [6.07, 6.45) is 1.50. The molecule has 0 radical (unpaired) electrons. The minimum absolute atomic E-state index is 0.232. The van der Waals surface area contributed by atoms with E-state index >= 15 is 0 Å². The van der Waals surface area contributed by atoms with Crippen molar-refractivity contribution in [3.05, 3.63) is 46.2 Å². The molecule has 108 valence electrons. The van der Waals surface area contributed by atoms with Crippen LogP contribution >= 0.6 is 15.9 Å². The van der Waals surface area contributed by atoms with Crippen LogP contribution in [-0.2, 0) is 13.1 Å². The fourth-order valence-corrected chi connectivity index (χ4v) is 2.26. The zero-order valence-electron chi connectivity index (χ0n) is 11.6. The first-order valence-electron chi connectivity index (χ1n) is 6.57. The molecule has 0 saturated heterocycles. The van der Waals surface area contributed by atoms with Crippen LogP contribution in [0.3, 0.4) is 0 Å². The summed E-state index contributed by atoms with van der Waals surface area (Å²) in [6, 6.07) is 4.90. The lowest BCUT2D eigenvalue weighted by atomic mass is 10.2. The van der Waals surface area contributed by atoms with E-state index in [1.54, 1.807) is 16.8 Å². The Kier molecular flexibility index (Phi) is 5.25. The molecule has 2 rings (SSSR count). The number of aromatic nitrogens is 3. The Bertz CT molecular complexity index is 568. The Morgan fingerprint density at radius 1 is 1.40 bits per heavy atom. The van der Waals surface area contributed by atoms with Crippen molar-refractivity contribution in [2.75, 3.05) is 6.54 Å². The van der Waals surface area contributed by atoms with Crippen molar-refractivity contribution in [1.29, 1.82) is 0 Å². The van der Waals surface area contributed by atoms with Crippen LogP contribution in [0.15, 0.2) is 29.0 Å². The Labute approximate surface area is 126 Å². The third-order valence-corrected chi connectivity index (χ3v) is 3.35. The summed E-state index contributed by atoms with van der Waals surface area (Å²) in [5.74, 6) is 1.16. The molecule has 0 unspecified atom stereocenters. The number of nitrogens with one attached hydrogen (secondary N) is 1. The second-order valence-corrected chi connectivity index (χ2v) is 6.01. The predicted octanol–water partition coefficient (Wildman–Crippen LogP) is 2.97. The molecular formula is C14H18BrFN4. The molecule has 1 N–H and O–H groups in total. The number of benzene rings is 1. The van der Waals surface area contributed by atoms with Gasteiger partial charge in [-0.3, -0.25) is 0 Å². The van der Waals surface area contributed by atoms with E-state index in [2.05, 4.69) is 45.2 Å². The molecule has 4 nitrogen and oxygen atoms in total. The van der Waals surface area contributed by atoms with Crippen molar-refractivity contribution < 1.29 is 4.39 Å². The Hall–Kier alpha value is -1.27. The van der Waals surface area contributed by atoms with Crippen LogP contribution in [0, 0.1) is 11.7 Å². The van der Waals surface area contributed by atoms with Crippen LogP contribution < -0.4 is 5.32 Å². The van der Waals surface area contributed by atoms with Crippen molar-refractivity contribution in [2.45, 2.75) is 26.9 Å². The van der Waals surface area contributed by atoms with E-state index in [4.69, 9.17) is 0 Å². The summed E-state index contributed by atoms with van der Waals surface area (Å²) in [5.41, 5.74) is 0.593. The first-order valence-corrected chi connectivity index (χ1v) is 7.37. The summed E-state index contributed by atoms with van der Waals surface area (Å²) < 4.78 is 16.3. The van der Waals surface area contributed by atoms with Crippen LogP contribution in [0.2, 0.25) is 0 Å². The minimum atomic E-state index is -0.232. The van der Waals surface area contributed by atoms with Gasteiger partial charge in [-0.2, -0.15) is 5.10 Å². The van der Waals surface area contributed by atoms with Crippen molar-refractivity contribution >= 4 is 15.9 Å². The van der Waals surface area contributed by atoms with Crippen molar-refractivity contribution in [3.8, 4) is 0 Å². The van der Waals surface area contributed by atoms with Gasteiger partial charge in [0.05, 0.1) is 13.1 Å². The molecule has 20 heavy (non-hydrogen) atoms. The van der Waals surface area contributed by atoms with Gasteiger partial charge in [0.2, 0.25) is 0 Å². The van der Waals surface area contributed by atoms with E-state index < -0.39 is 0 Å². The number of halogens is 2. The van der Waals surface area contributed by atoms with Crippen LogP contribution in [-0.4, -0.2) is 21.3 Å². The molecule has 0 aliphatic carbocycles.